The van der Waals surface area contributed by atoms with Gasteiger partial charge in [0.25, 0.3) is 0 Å². The topological polar surface area (TPSA) is 18.5 Å². The maximum Gasteiger partial charge on any atom is 0.161 e. The second-order valence-electron chi connectivity index (χ2n) is 7.87. The summed E-state index contributed by atoms with van der Waals surface area (Å²) in [5.41, 5.74) is 2.68. The van der Waals surface area contributed by atoms with E-state index in [1.165, 1.54) is 22.6 Å². The minimum atomic E-state index is -0.409. The molecule has 3 aromatic rings. The van der Waals surface area contributed by atoms with Gasteiger partial charge in [-0.15, -0.1) is 0 Å². The SMILES string of the molecule is C(/CC1OCCO1)=C1/P(c2ccccc2)CCC1(c1ccccc1)c1ccccc1. The molecule has 2 heterocycles. The first kappa shape index (κ1) is 19.7. The van der Waals surface area contributed by atoms with Crippen LogP contribution >= 0.6 is 7.92 Å². The summed E-state index contributed by atoms with van der Waals surface area (Å²) in [6.45, 7) is 1.40. The van der Waals surface area contributed by atoms with Crippen molar-refractivity contribution in [2.24, 2.45) is 0 Å². The molecule has 1 atom stereocenters. The van der Waals surface area contributed by atoms with E-state index in [2.05, 4.69) is 97.1 Å². The molecule has 0 saturated carbocycles. The Kier molecular flexibility index (Phi) is 5.82. The monoisotopic (exact) mass is 414 g/mol. The number of rotatable bonds is 5. The van der Waals surface area contributed by atoms with E-state index in [-0.39, 0.29) is 11.7 Å². The van der Waals surface area contributed by atoms with Crippen LogP contribution in [0.5, 0.6) is 0 Å². The smallest absolute Gasteiger partial charge is 0.161 e. The zero-order valence-electron chi connectivity index (χ0n) is 17.1. The first-order chi connectivity index (χ1) is 14.9. The summed E-state index contributed by atoms with van der Waals surface area (Å²) in [5.74, 6) is 0. The summed E-state index contributed by atoms with van der Waals surface area (Å²) in [6.07, 6.45) is 5.46. The fraction of sp³-hybridized carbons (Fsp3) is 0.259. The lowest BCUT2D eigenvalue weighted by molar-refractivity contribution is -0.0381. The maximum absolute atomic E-state index is 5.77. The Hall–Kier alpha value is -2.25. The number of hydrogen-bond donors (Lipinski definition) is 0. The zero-order valence-corrected chi connectivity index (χ0v) is 18.0. The van der Waals surface area contributed by atoms with Gasteiger partial charge in [-0.05, 0) is 42.2 Å². The molecular formula is C27H27O2P. The van der Waals surface area contributed by atoms with Gasteiger partial charge < -0.3 is 9.47 Å². The summed E-state index contributed by atoms with van der Waals surface area (Å²) in [4.78, 5) is 0. The van der Waals surface area contributed by atoms with Crippen LogP contribution in [0.1, 0.15) is 24.0 Å². The molecule has 5 rings (SSSR count). The van der Waals surface area contributed by atoms with Gasteiger partial charge >= 0.3 is 0 Å². The summed E-state index contributed by atoms with van der Waals surface area (Å²) in [5, 5.41) is 3.00. The van der Waals surface area contributed by atoms with Gasteiger partial charge in [-0.1, -0.05) is 97.1 Å². The van der Waals surface area contributed by atoms with Gasteiger partial charge in [-0.2, -0.15) is 0 Å². The Morgan fingerprint density at radius 2 is 1.30 bits per heavy atom. The molecule has 0 radical (unpaired) electrons. The molecule has 30 heavy (non-hydrogen) atoms. The van der Waals surface area contributed by atoms with E-state index in [9.17, 15) is 0 Å². The number of ether oxygens (including phenoxy) is 2. The molecule has 3 heteroatoms. The molecule has 2 nitrogen and oxygen atoms in total. The van der Waals surface area contributed by atoms with Crippen molar-refractivity contribution in [2.75, 3.05) is 19.4 Å². The van der Waals surface area contributed by atoms with Crippen molar-refractivity contribution in [2.45, 2.75) is 24.5 Å². The first-order valence-corrected chi connectivity index (χ1v) is 12.3. The van der Waals surface area contributed by atoms with E-state index in [1.54, 1.807) is 5.31 Å². The Balaban J connectivity index is 1.66. The third-order valence-electron chi connectivity index (χ3n) is 6.23. The van der Waals surface area contributed by atoms with Crippen LogP contribution in [0.2, 0.25) is 0 Å². The Bertz CT molecular complexity index is 940. The molecule has 0 amide bonds. The van der Waals surface area contributed by atoms with Gasteiger partial charge in [0.15, 0.2) is 6.29 Å². The van der Waals surface area contributed by atoms with E-state index in [4.69, 9.17) is 9.47 Å². The normalized spacial score (nSPS) is 22.5. The van der Waals surface area contributed by atoms with Crippen molar-refractivity contribution in [1.82, 2.24) is 0 Å². The Morgan fingerprint density at radius 1 is 0.767 bits per heavy atom. The molecule has 2 aliphatic heterocycles. The minimum Gasteiger partial charge on any atom is -0.350 e. The average molecular weight is 414 g/mol. The predicted molar refractivity (Wildman–Crippen MR) is 125 cm³/mol. The van der Waals surface area contributed by atoms with Gasteiger partial charge in [0.1, 0.15) is 0 Å². The standard InChI is InChI=1S/C27H27O2P/c1-4-10-22(11-5-1)27(23-12-6-2-7-13-23)18-21-30(24-14-8-3-9-15-24)25(27)16-17-26-28-19-20-29-26/h1-16,26H,17-21H2/b25-16-. The van der Waals surface area contributed by atoms with E-state index in [1.807, 2.05) is 0 Å². The van der Waals surface area contributed by atoms with Gasteiger partial charge in [0.2, 0.25) is 0 Å². The van der Waals surface area contributed by atoms with Gasteiger partial charge in [-0.3, -0.25) is 0 Å². The van der Waals surface area contributed by atoms with Gasteiger partial charge in [0.05, 0.1) is 13.2 Å². The van der Waals surface area contributed by atoms with Crippen LogP contribution in [0.15, 0.2) is 102 Å². The molecule has 0 aromatic heterocycles. The van der Waals surface area contributed by atoms with Crippen molar-refractivity contribution in [3.05, 3.63) is 114 Å². The maximum atomic E-state index is 5.77. The van der Waals surface area contributed by atoms with Crippen LogP contribution in [0.3, 0.4) is 0 Å². The molecule has 152 valence electrons. The third kappa shape index (κ3) is 3.65. The van der Waals surface area contributed by atoms with E-state index >= 15 is 0 Å². The van der Waals surface area contributed by atoms with Crippen LogP contribution in [0, 0.1) is 0 Å². The summed E-state index contributed by atoms with van der Waals surface area (Å²) in [7, 11) is -0.409. The van der Waals surface area contributed by atoms with Crippen molar-refractivity contribution < 1.29 is 9.47 Å². The van der Waals surface area contributed by atoms with Crippen molar-refractivity contribution >= 4 is 13.2 Å². The van der Waals surface area contributed by atoms with Crippen LogP contribution in [-0.2, 0) is 14.9 Å². The lowest BCUT2D eigenvalue weighted by Crippen LogP contribution is -2.26. The lowest BCUT2D eigenvalue weighted by Gasteiger charge is -2.34. The zero-order chi connectivity index (χ0) is 20.2. The Morgan fingerprint density at radius 3 is 1.87 bits per heavy atom. The van der Waals surface area contributed by atoms with Gasteiger partial charge in [-0.25, -0.2) is 0 Å². The molecule has 3 aromatic carbocycles. The molecular weight excluding hydrogens is 387 g/mol. The van der Waals surface area contributed by atoms with E-state index in [0.29, 0.717) is 13.2 Å². The molecule has 1 unspecified atom stereocenters. The highest BCUT2D eigenvalue weighted by atomic mass is 31.1. The fourth-order valence-corrected chi connectivity index (χ4v) is 7.89. The van der Waals surface area contributed by atoms with Crippen molar-refractivity contribution in [3.8, 4) is 0 Å². The van der Waals surface area contributed by atoms with Crippen molar-refractivity contribution in [3.63, 3.8) is 0 Å². The predicted octanol–water partition coefficient (Wildman–Crippen LogP) is 5.83. The van der Waals surface area contributed by atoms with Crippen LogP contribution in [0.25, 0.3) is 0 Å². The molecule has 0 bridgehead atoms. The number of benzene rings is 3. The third-order valence-corrected chi connectivity index (χ3v) is 8.97. The molecule has 2 aliphatic rings. The van der Waals surface area contributed by atoms with E-state index < -0.39 is 7.92 Å². The van der Waals surface area contributed by atoms with Crippen molar-refractivity contribution in [1.29, 1.82) is 0 Å². The second-order valence-corrected chi connectivity index (χ2v) is 10.2. The largest absolute Gasteiger partial charge is 0.350 e. The second kappa shape index (κ2) is 8.86. The molecule has 2 saturated heterocycles. The number of hydrogen-bond acceptors (Lipinski definition) is 2. The summed E-state index contributed by atoms with van der Waals surface area (Å²) < 4.78 is 11.5. The quantitative estimate of drug-likeness (QED) is 0.489. The Labute approximate surface area is 180 Å². The highest BCUT2D eigenvalue weighted by Gasteiger charge is 2.46. The van der Waals surface area contributed by atoms with E-state index in [0.717, 1.165) is 12.8 Å². The summed E-state index contributed by atoms with van der Waals surface area (Å²) >= 11 is 0. The highest BCUT2D eigenvalue weighted by Crippen LogP contribution is 2.64. The average Bonchev–Trinajstić information content (AvgIpc) is 3.48. The van der Waals surface area contributed by atoms with Crippen LogP contribution < -0.4 is 5.30 Å². The molecule has 0 spiro atoms. The fourth-order valence-electron chi connectivity index (χ4n) is 4.87. The molecule has 0 aliphatic carbocycles. The molecule has 0 N–H and O–H groups in total. The molecule has 2 fully saturated rings. The number of allylic oxidation sites excluding steroid dienone is 1. The van der Waals surface area contributed by atoms with Crippen LogP contribution in [-0.4, -0.2) is 25.7 Å². The van der Waals surface area contributed by atoms with Gasteiger partial charge in [0, 0.05) is 11.8 Å². The van der Waals surface area contributed by atoms with Crippen LogP contribution in [0.4, 0.5) is 0 Å². The highest BCUT2D eigenvalue weighted by molar-refractivity contribution is 7.70. The first-order valence-electron chi connectivity index (χ1n) is 10.8. The lowest BCUT2D eigenvalue weighted by atomic mass is 9.72. The minimum absolute atomic E-state index is 0.0946. The summed E-state index contributed by atoms with van der Waals surface area (Å²) in [6, 6.07) is 33.2.